The molecule has 20 heavy (non-hydrogen) atoms. The molecular formula is C15H16N2O3. The molecule has 1 unspecified atom stereocenters. The van der Waals surface area contributed by atoms with Crippen molar-refractivity contribution in [3.05, 3.63) is 53.9 Å². The third-order valence-electron chi connectivity index (χ3n) is 3.00. The number of carbonyl (C=O) groups excluding carboxylic acids is 1. The van der Waals surface area contributed by atoms with E-state index in [0.717, 1.165) is 5.56 Å². The number of nitrogens with one attached hydrogen (secondary N) is 1. The van der Waals surface area contributed by atoms with Crippen molar-refractivity contribution >= 4 is 5.91 Å². The first-order valence-corrected chi connectivity index (χ1v) is 6.19. The van der Waals surface area contributed by atoms with Gasteiger partial charge in [-0.1, -0.05) is 0 Å². The van der Waals surface area contributed by atoms with E-state index in [2.05, 4.69) is 10.3 Å². The lowest BCUT2D eigenvalue weighted by Gasteiger charge is -2.15. The molecule has 0 bridgehead atoms. The zero-order chi connectivity index (χ0) is 14.5. The van der Waals surface area contributed by atoms with Crippen molar-refractivity contribution in [2.75, 3.05) is 7.11 Å². The molecule has 0 saturated carbocycles. The Bertz CT molecular complexity index is 599. The highest BCUT2D eigenvalue weighted by atomic mass is 16.5. The Kier molecular flexibility index (Phi) is 4.20. The number of phenols is 1. The number of rotatable bonds is 4. The van der Waals surface area contributed by atoms with Crippen LogP contribution in [-0.2, 0) is 0 Å². The summed E-state index contributed by atoms with van der Waals surface area (Å²) >= 11 is 0. The van der Waals surface area contributed by atoms with Crippen LogP contribution in [0.1, 0.15) is 28.9 Å². The van der Waals surface area contributed by atoms with Crippen molar-refractivity contribution in [2.24, 2.45) is 0 Å². The number of hydrogen-bond acceptors (Lipinski definition) is 4. The fraction of sp³-hybridized carbons (Fsp3) is 0.200. The molecule has 1 atom stereocenters. The Morgan fingerprint density at radius 2 is 2.00 bits per heavy atom. The minimum absolute atomic E-state index is 0.108. The standard InChI is InChI=1S/C15H16N2O3/c1-10(11-5-7-16-8-6-11)17-15(19)13-4-3-12(20-2)9-14(13)18/h3-10,18H,1-2H3,(H,17,19). The van der Waals surface area contributed by atoms with Gasteiger partial charge in [-0.3, -0.25) is 9.78 Å². The summed E-state index contributed by atoms with van der Waals surface area (Å²) < 4.78 is 4.98. The van der Waals surface area contributed by atoms with E-state index in [1.165, 1.54) is 19.2 Å². The molecule has 0 saturated heterocycles. The number of aromatic hydroxyl groups is 1. The normalized spacial score (nSPS) is 11.7. The summed E-state index contributed by atoms with van der Waals surface area (Å²) in [5.74, 6) is 0.0551. The largest absolute Gasteiger partial charge is 0.507 e. The smallest absolute Gasteiger partial charge is 0.255 e. The number of methoxy groups -OCH3 is 1. The van der Waals surface area contributed by atoms with E-state index in [4.69, 9.17) is 4.74 Å². The zero-order valence-corrected chi connectivity index (χ0v) is 11.3. The number of pyridine rings is 1. The van der Waals surface area contributed by atoms with E-state index in [1.807, 2.05) is 19.1 Å². The Labute approximate surface area is 117 Å². The van der Waals surface area contributed by atoms with E-state index in [1.54, 1.807) is 18.5 Å². The highest BCUT2D eigenvalue weighted by molar-refractivity contribution is 5.97. The summed E-state index contributed by atoms with van der Waals surface area (Å²) in [4.78, 5) is 16.1. The zero-order valence-electron chi connectivity index (χ0n) is 11.3. The molecule has 0 aliphatic heterocycles. The lowest BCUT2D eigenvalue weighted by atomic mass is 10.1. The Morgan fingerprint density at radius 3 is 2.60 bits per heavy atom. The summed E-state index contributed by atoms with van der Waals surface area (Å²) in [6.45, 7) is 1.87. The van der Waals surface area contributed by atoms with Gasteiger partial charge in [0.25, 0.3) is 5.91 Å². The second-order valence-corrected chi connectivity index (χ2v) is 4.36. The fourth-order valence-corrected chi connectivity index (χ4v) is 1.84. The Morgan fingerprint density at radius 1 is 1.30 bits per heavy atom. The quantitative estimate of drug-likeness (QED) is 0.895. The molecule has 0 aliphatic rings. The topological polar surface area (TPSA) is 71.5 Å². The lowest BCUT2D eigenvalue weighted by molar-refractivity contribution is 0.0937. The number of ether oxygens (including phenoxy) is 1. The molecule has 1 aromatic carbocycles. The molecule has 0 radical (unpaired) electrons. The van der Waals surface area contributed by atoms with Gasteiger partial charge in [-0.2, -0.15) is 0 Å². The second kappa shape index (κ2) is 6.06. The number of phenolic OH excluding ortho intramolecular Hbond substituents is 1. The van der Waals surface area contributed by atoms with E-state index in [9.17, 15) is 9.90 Å². The molecule has 104 valence electrons. The number of amides is 1. The van der Waals surface area contributed by atoms with E-state index < -0.39 is 0 Å². The van der Waals surface area contributed by atoms with Crippen molar-refractivity contribution in [3.63, 3.8) is 0 Å². The first-order chi connectivity index (χ1) is 9.61. The van der Waals surface area contributed by atoms with Crippen molar-refractivity contribution in [2.45, 2.75) is 13.0 Å². The molecule has 1 aromatic heterocycles. The molecule has 2 rings (SSSR count). The lowest BCUT2D eigenvalue weighted by Crippen LogP contribution is -2.26. The molecule has 2 aromatic rings. The SMILES string of the molecule is COc1ccc(C(=O)NC(C)c2ccncc2)c(O)c1. The predicted molar refractivity (Wildman–Crippen MR) is 74.8 cm³/mol. The van der Waals surface area contributed by atoms with Crippen LogP contribution in [0, 0.1) is 0 Å². The number of nitrogens with zero attached hydrogens (tertiary/aromatic N) is 1. The second-order valence-electron chi connectivity index (χ2n) is 4.36. The van der Waals surface area contributed by atoms with Gasteiger partial charge in [-0.05, 0) is 36.8 Å². The van der Waals surface area contributed by atoms with Crippen LogP contribution in [0.2, 0.25) is 0 Å². The maximum absolute atomic E-state index is 12.1. The van der Waals surface area contributed by atoms with Gasteiger partial charge < -0.3 is 15.2 Å². The van der Waals surface area contributed by atoms with Gasteiger partial charge in [0.2, 0.25) is 0 Å². The van der Waals surface area contributed by atoms with Crippen molar-refractivity contribution in [1.29, 1.82) is 0 Å². The third-order valence-corrected chi connectivity index (χ3v) is 3.00. The number of aromatic nitrogens is 1. The van der Waals surface area contributed by atoms with Crippen LogP contribution in [0.15, 0.2) is 42.7 Å². The van der Waals surface area contributed by atoms with Gasteiger partial charge in [0, 0.05) is 18.5 Å². The van der Waals surface area contributed by atoms with E-state index >= 15 is 0 Å². The van der Waals surface area contributed by atoms with Gasteiger partial charge in [0.05, 0.1) is 18.7 Å². The molecular weight excluding hydrogens is 256 g/mol. The highest BCUT2D eigenvalue weighted by Crippen LogP contribution is 2.24. The molecule has 5 heteroatoms. The van der Waals surface area contributed by atoms with Crippen molar-refractivity contribution in [1.82, 2.24) is 10.3 Å². The Balaban J connectivity index is 2.12. The summed E-state index contributed by atoms with van der Waals surface area (Å²) in [6.07, 6.45) is 3.34. The monoisotopic (exact) mass is 272 g/mol. The minimum atomic E-state index is -0.338. The van der Waals surface area contributed by atoms with Crippen LogP contribution in [-0.4, -0.2) is 23.1 Å². The van der Waals surface area contributed by atoms with Crippen LogP contribution in [0.4, 0.5) is 0 Å². The van der Waals surface area contributed by atoms with Gasteiger partial charge in [-0.15, -0.1) is 0 Å². The maximum atomic E-state index is 12.1. The third kappa shape index (κ3) is 3.06. The van der Waals surface area contributed by atoms with Gasteiger partial charge in [0.1, 0.15) is 11.5 Å². The average molecular weight is 272 g/mol. The molecule has 0 aliphatic carbocycles. The number of hydrogen-bond donors (Lipinski definition) is 2. The van der Waals surface area contributed by atoms with Crippen LogP contribution in [0.5, 0.6) is 11.5 Å². The fourth-order valence-electron chi connectivity index (χ4n) is 1.84. The molecule has 0 spiro atoms. The first kappa shape index (κ1) is 13.9. The number of benzene rings is 1. The molecule has 1 heterocycles. The summed E-state index contributed by atoms with van der Waals surface area (Å²) in [6, 6.07) is 8.06. The minimum Gasteiger partial charge on any atom is -0.507 e. The molecule has 5 nitrogen and oxygen atoms in total. The Hall–Kier alpha value is -2.56. The average Bonchev–Trinajstić information content (AvgIpc) is 2.47. The summed E-state index contributed by atoms with van der Waals surface area (Å²) in [5, 5.41) is 12.6. The van der Waals surface area contributed by atoms with Gasteiger partial charge in [-0.25, -0.2) is 0 Å². The molecule has 0 fully saturated rings. The van der Waals surface area contributed by atoms with Gasteiger partial charge in [0.15, 0.2) is 0 Å². The van der Waals surface area contributed by atoms with Crippen molar-refractivity contribution < 1.29 is 14.6 Å². The predicted octanol–water partition coefficient (Wildman–Crippen LogP) is 2.29. The van der Waals surface area contributed by atoms with E-state index in [-0.39, 0.29) is 23.3 Å². The van der Waals surface area contributed by atoms with Crippen LogP contribution in [0.25, 0.3) is 0 Å². The molecule has 2 N–H and O–H groups in total. The van der Waals surface area contributed by atoms with Crippen LogP contribution >= 0.6 is 0 Å². The highest BCUT2D eigenvalue weighted by Gasteiger charge is 2.15. The first-order valence-electron chi connectivity index (χ1n) is 6.19. The summed E-state index contributed by atoms with van der Waals surface area (Å²) in [5.41, 5.74) is 1.16. The van der Waals surface area contributed by atoms with E-state index in [0.29, 0.717) is 5.75 Å². The maximum Gasteiger partial charge on any atom is 0.255 e. The van der Waals surface area contributed by atoms with Gasteiger partial charge >= 0.3 is 0 Å². The summed E-state index contributed by atoms with van der Waals surface area (Å²) in [7, 11) is 1.50. The number of carbonyl (C=O) groups is 1. The van der Waals surface area contributed by atoms with Crippen LogP contribution in [0.3, 0.4) is 0 Å². The molecule has 1 amide bonds. The van der Waals surface area contributed by atoms with Crippen LogP contribution < -0.4 is 10.1 Å². The van der Waals surface area contributed by atoms with Crippen molar-refractivity contribution in [3.8, 4) is 11.5 Å².